The largest absolute Gasteiger partial charge is 0.493 e. The molecule has 1 unspecified atom stereocenters. The first kappa shape index (κ1) is 18.1. The van der Waals surface area contributed by atoms with Crippen LogP contribution in [0, 0.1) is 0 Å². The maximum absolute atomic E-state index is 5.57. The van der Waals surface area contributed by atoms with Gasteiger partial charge in [-0.15, -0.1) is 0 Å². The first-order chi connectivity index (χ1) is 11.7. The number of ether oxygens (including phenoxy) is 2. The number of methoxy groups -OCH3 is 1. The van der Waals surface area contributed by atoms with Gasteiger partial charge in [0.15, 0.2) is 11.5 Å². The predicted octanol–water partition coefficient (Wildman–Crippen LogP) is 3.25. The van der Waals surface area contributed by atoms with Gasteiger partial charge in [0.25, 0.3) is 0 Å². The number of hydrogen-bond acceptors (Lipinski definition) is 5. The highest BCUT2D eigenvalue weighted by Gasteiger charge is 2.16. The van der Waals surface area contributed by atoms with Gasteiger partial charge in [-0.3, -0.25) is 4.90 Å². The maximum atomic E-state index is 5.57. The van der Waals surface area contributed by atoms with Crippen molar-refractivity contribution in [1.82, 2.24) is 10.2 Å². The van der Waals surface area contributed by atoms with Crippen LogP contribution in [0.25, 0.3) is 0 Å². The van der Waals surface area contributed by atoms with Crippen LogP contribution in [-0.2, 0) is 6.54 Å². The quantitative estimate of drug-likeness (QED) is 0.678. The molecule has 0 spiro atoms. The highest BCUT2D eigenvalue weighted by molar-refractivity contribution is 5.43. The number of nitrogens with zero attached hydrogens (tertiary/aromatic N) is 1. The van der Waals surface area contributed by atoms with Crippen molar-refractivity contribution < 1.29 is 13.9 Å². The molecular formula is C19H26N2O3. The molecule has 0 fully saturated rings. The maximum Gasteiger partial charge on any atom is 0.161 e. The zero-order chi connectivity index (χ0) is 17.4. The molecule has 0 amide bonds. The number of nitrogens with one attached hydrogen (secondary N) is 1. The summed E-state index contributed by atoms with van der Waals surface area (Å²) in [6, 6.07) is 10.1. The van der Waals surface area contributed by atoms with E-state index >= 15 is 0 Å². The molecule has 1 atom stereocenters. The van der Waals surface area contributed by atoms with Crippen LogP contribution in [0.2, 0.25) is 0 Å². The lowest BCUT2D eigenvalue weighted by molar-refractivity contribution is 0.250. The third kappa shape index (κ3) is 4.88. The van der Waals surface area contributed by atoms with Crippen LogP contribution in [0.4, 0.5) is 0 Å². The van der Waals surface area contributed by atoms with Gasteiger partial charge < -0.3 is 19.2 Å². The number of hydrogen-bond donors (Lipinski definition) is 1. The van der Waals surface area contributed by atoms with Crippen molar-refractivity contribution in [2.24, 2.45) is 0 Å². The average Bonchev–Trinajstić information content (AvgIpc) is 3.11. The zero-order valence-corrected chi connectivity index (χ0v) is 14.6. The molecule has 1 aromatic carbocycles. The van der Waals surface area contributed by atoms with Crippen LogP contribution in [0.1, 0.15) is 17.4 Å². The van der Waals surface area contributed by atoms with Crippen LogP contribution < -0.4 is 14.8 Å². The van der Waals surface area contributed by atoms with E-state index in [-0.39, 0.29) is 6.04 Å². The molecule has 2 rings (SSSR count). The SMILES string of the molecule is C=CCOc1ccc(CNCC(c2ccco2)N(C)C)cc1OC. The predicted molar refractivity (Wildman–Crippen MR) is 95.5 cm³/mol. The van der Waals surface area contributed by atoms with Crippen molar-refractivity contribution in [3.8, 4) is 11.5 Å². The van der Waals surface area contributed by atoms with Gasteiger partial charge in [0.05, 0.1) is 19.4 Å². The molecule has 24 heavy (non-hydrogen) atoms. The van der Waals surface area contributed by atoms with E-state index in [0.29, 0.717) is 6.61 Å². The second-order valence-electron chi connectivity index (χ2n) is 5.71. The van der Waals surface area contributed by atoms with E-state index in [0.717, 1.165) is 35.9 Å². The van der Waals surface area contributed by atoms with Crippen molar-refractivity contribution in [3.05, 3.63) is 60.6 Å². The van der Waals surface area contributed by atoms with E-state index in [1.165, 1.54) is 0 Å². The standard InChI is InChI=1S/C19H26N2O3/c1-5-10-23-18-9-8-15(12-19(18)22-4)13-20-14-16(21(2)3)17-7-6-11-24-17/h5-9,11-12,16,20H,1,10,13-14H2,2-4H3. The molecule has 5 nitrogen and oxygen atoms in total. The van der Waals surface area contributed by atoms with Crippen molar-refractivity contribution in [2.75, 3.05) is 34.4 Å². The molecular weight excluding hydrogens is 304 g/mol. The molecule has 0 aliphatic carbocycles. The Balaban J connectivity index is 1.94. The average molecular weight is 330 g/mol. The highest BCUT2D eigenvalue weighted by atomic mass is 16.5. The third-order valence-electron chi connectivity index (χ3n) is 3.75. The lowest BCUT2D eigenvalue weighted by Crippen LogP contribution is -2.30. The second kappa shape index (κ2) is 9.15. The van der Waals surface area contributed by atoms with Crippen LogP contribution >= 0.6 is 0 Å². The topological polar surface area (TPSA) is 46.9 Å². The van der Waals surface area contributed by atoms with Crippen molar-refractivity contribution in [2.45, 2.75) is 12.6 Å². The molecule has 0 aliphatic heterocycles. The first-order valence-electron chi connectivity index (χ1n) is 7.97. The van der Waals surface area contributed by atoms with E-state index in [2.05, 4.69) is 16.8 Å². The fraction of sp³-hybridized carbons (Fsp3) is 0.368. The summed E-state index contributed by atoms with van der Waals surface area (Å²) in [6.45, 7) is 5.64. The van der Waals surface area contributed by atoms with E-state index < -0.39 is 0 Å². The molecule has 130 valence electrons. The van der Waals surface area contributed by atoms with Crippen LogP contribution in [0.5, 0.6) is 11.5 Å². The molecule has 0 radical (unpaired) electrons. The summed E-state index contributed by atoms with van der Waals surface area (Å²) in [5, 5.41) is 3.47. The first-order valence-corrected chi connectivity index (χ1v) is 7.97. The van der Waals surface area contributed by atoms with Gasteiger partial charge in [0.1, 0.15) is 12.4 Å². The lowest BCUT2D eigenvalue weighted by atomic mass is 10.1. The second-order valence-corrected chi connectivity index (χ2v) is 5.71. The molecule has 1 N–H and O–H groups in total. The van der Waals surface area contributed by atoms with Crippen molar-refractivity contribution in [3.63, 3.8) is 0 Å². The van der Waals surface area contributed by atoms with Gasteiger partial charge >= 0.3 is 0 Å². The lowest BCUT2D eigenvalue weighted by Gasteiger charge is -2.22. The normalized spacial score (nSPS) is 12.2. The summed E-state index contributed by atoms with van der Waals surface area (Å²) in [5.41, 5.74) is 1.13. The van der Waals surface area contributed by atoms with E-state index in [1.807, 2.05) is 44.4 Å². The van der Waals surface area contributed by atoms with E-state index in [1.54, 1.807) is 19.4 Å². The van der Waals surface area contributed by atoms with Gasteiger partial charge in [0, 0.05) is 13.1 Å². The number of benzene rings is 1. The highest BCUT2D eigenvalue weighted by Crippen LogP contribution is 2.28. The summed E-state index contributed by atoms with van der Waals surface area (Å²) in [4.78, 5) is 2.14. The van der Waals surface area contributed by atoms with E-state index in [9.17, 15) is 0 Å². The summed E-state index contributed by atoms with van der Waals surface area (Å²) in [5.74, 6) is 2.41. The Hall–Kier alpha value is -2.24. The molecule has 5 heteroatoms. The molecule has 0 saturated heterocycles. The molecule has 0 saturated carbocycles. The zero-order valence-electron chi connectivity index (χ0n) is 14.6. The summed E-state index contributed by atoms with van der Waals surface area (Å²) in [6.07, 6.45) is 3.42. The molecule has 1 heterocycles. The monoisotopic (exact) mass is 330 g/mol. The Morgan fingerprint density at radius 3 is 2.75 bits per heavy atom. The van der Waals surface area contributed by atoms with Crippen molar-refractivity contribution >= 4 is 0 Å². The molecule has 0 aliphatic rings. The summed E-state index contributed by atoms with van der Waals surface area (Å²) in [7, 11) is 5.74. The Morgan fingerprint density at radius 1 is 1.29 bits per heavy atom. The van der Waals surface area contributed by atoms with Crippen LogP contribution in [-0.4, -0.2) is 39.3 Å². The third-order valence-corrected chi connectivity index (χ3v) is 3.75. The Bertz CT molecular complexity index is 624. The Morgan fingerprint density at radius 2 is 2.12 bits per heavy atom. The molecule has 1 aromatic heterocycles. The van der Waals surface area contributed by atoms with Gasteiger partial charge in [-0.25, -0.2) is 0 Å². The minimum Gasteiger partial charge on any atom is -0.493 e. The minimum absolute atomic E-state index is 0.192. The minimum atomic E-state index is 0.192. The fourth-order valence-corrected chi connectivity index (χ4v) is 2.46. The van der Waals surface area contributed by atoms with Crippen molar-refractivity contribution in [1.29, 1.82) is 0 Å². The van der Waals surface area contributed by atoms with Gasteiger partial charge in [-0.2, -0.15) is 0 Å². The Kier molecular flexibility index (Phi) is 6.90. The molecule has 2 aromatic rings. The number of furan rings is 1. The smallest absolute Gasteiger partial charge is 0.161 e. The van der Waals surface area contributed by atoms with Gasteiger partial charge in [-0.1, -0.05) is 18.7 Å². The van der Waals surface area contributed by atoms with E-state index in [4.69, 9.17) is 13.9 Å². The number of rotatable bonds is 10. The van der Waals surface area contributed by atoms with Gasteiger partial charge in [0.2, 0.25) is 0 Å². The Labute approximate surface area is 143 Å². The van der Waals surface area contributed by atoms with Crippen LogP contribution in [0.15, 0.2) is 53.7 Å². The summed E-state index contributed by atoms with van der Waals surface area (Å²) < 4.78 is 16.5. The number of likely N-dealkylation sites (N-methyl/N-ethyl adjacent to an activating group) is 1. The summed E-state index contributed by atoms with van der Waals surface area (Å²) >= 11 is 0. The molecule has 0 bridgehead atoms. The van der Waals surface area contributed by atoms with Gasteiger partial charge in [-0.05, 0) is 43.9 Å². The fourth-order valence-electron chi connectivity index (χ4n) is 2.46. The van der Waals surface area contributed by atoms with Crippen LogP contribution in [0.3, 0.4) is 0 Å².